The van der Waals surface area contributed by atoms with E-state index < -0.39 is 0 Å². The molecule has 0 nitrogen and oxygen atoms in total. The van der Waals surface area contributed by atoms with Gasteiger partial charge in [-0.05, 0) is 50.9 Å². The maximum absolute atomic E-state index is 2.41. The first-order chi connectivity index (χ1) is 7.35. The van der Waals surface area contributed by atoms with E-state index in [1.54, 1.807) is 5.57 Å². The molecule has 0 amide bonds. The van der Waals surface area contributed by atoms with E-state index in [9.17, 15) is 0 Å². The van der Waals surface area contributed by atoms with E-state index in [4.69, 9.17) is 0 Å². The van der Waals surface area contributed by atoms with E-state index in [1.165, 1.54) is 37.7 Å². The molecule has 0 aromatic heterocycles. The van der Waals surface area contributed by atoms with Gasteiger partial charge >= 0.3 is 0 Å². The van der Waals surface area contributed by atoms with Gasteiger partial charge in [-0.15, -0.1) is 0 Å². The molecule has 0 fully saturated rings. The van der Waals surface area contributed by atoms with E-state index in [1.807, 2.05) is 0 Å². The van der Waals surface area contributed by atoms with Gasteiger partial charge in [-0.2, -0.15) is 0 Å². The number of hydrogen-bond acceptors (Lipinski definition) is 0. The van der Waals surface area contributed by atoms with Crippen LogP contribution in [0, 0.1) is 11.3 Å². The monoisotopic (exact) mass is 224 g/mol. The summed E-state index contributed by atoms with van der Waals surface area (Å²) < 4.78 is 0. The van der Waals surface area contributed by atoms with Crippen LogP contribution in [0.5, 0.6) is 0 Å². The van der Waals surface area contributed by atoms with Gasteiger partial charge in [0.25, 0.3) is 0 Å². The Bertz CT molecular complexity index is 216. The van der Waals surface area contributed by atoms with Gasteiger partial charge < -0.3 is 0 Å². The topological polar surface area (TPSA) is 0 Å². The molecule has 0 heteroatoms. The Hall–Kier alpha value is -0.260. The number of allylic oxidation sites excluding steroid dienone is 2. The molecule has 16 heavy (non-hydrogen) atoms. The fraction of sp³-hybridized carbons (Fsp3) is 0.875. The van der Waals surface area contributed by atoms with Crippen LogP contribution < -0.4 is 0 Å². The van der Waals surface area contributed by atoms with Crippen molar-refractivity contribution in [2.45, 2.75) is 80.6 Å². The second-order valence-electron chi connectivity index (χ2n) is 6.09. The molecule has 0 bridgehead atoms. The summed E-state index contributed by atoms with van der Waals surface area (Å²) in [6, 6.07) is 0. The van der Waals surface area contributed by atoms with Gasteiger partial charge in [-0.25, -0.2) is 0 Å². The van der Waals surface area contributed by atoms with Crippen LogP contribution in [0.25, 0.3) is 0 Å². The van der Waals surface area contributed by atoms with Crippen LogP contribution in [0.3, 0.4) is 0 Å². The van der Waals surface area contributed by atoms with Crippen molar-refractivity contribution in [3.8, 4) is 0 Å². The smallest absolute Gasteiger partial charge is 0.0318 e. The first-order valence-electron chi connectivity index (χ1n) is 7.00. The lowest BCUT2D eigenvalue weighted by Crippen LogP contribution is -2.20. The minimum absolute atomic E-state index is 0.511. The van der Waals surface area contributed by atoms with Crippen molar-refractivity contribution in [1.29, 1.82) is 0 Å². The van der Waals surface area contributed by atoms with Crippen LogP contribution in [0.15, 0.2) is 11.1 Å². The summed E-state index contributed by atoms with van der Waals surface area (Å²) in [6.45, 7) is 16.3. The molecule has 0 aromatic rings. The van der Waals surface area contributed by atoms with Crippen molar-refractivity contribution < 1.29 is 0 Å². The van der Waals surface area contributed by atoms with Crippen LogP contribution >= 0.6 is 0 Å². The van der Waals surface area contributed by atoms with Gasteiger partial charge in [-0.3, -0.25) is 0 Å². The third kappa shape index (κ3) is 5.18. The van der Waals surface area contributed by atoms with Crippen molar-refractivity contribution in [3.05, 3.63) is 11.1 Å². The normalized spacial score (nSPS) is 13.7. The van der Waals surface area contributed by atoms with Crippen LogP contribution in [-0.2, 0) is 0 Å². The Morgan fingerprint density at radius 2 is 1.69 bits per heavy atom. The highest BCUT2D eigenvalue weighted by Gasteiger charge is 2.22. The molecular weight excluding hydrogens is 192 g/mol. The average Bonchev–Trinajstić information content (AvgIpc) is 2.23. The Balaban J connectivity index is 4.04. The van der Waals surface area contributed by atoms with Crippen molar-refractivity contribution in [3.63, 3.8) is 0 Å². The molecule has 0 N–H and O–H groups in total. The Morgan fingerprint density at radius 3 is 2.06 bits per heavy atom. The third-order valence-electron chi connectivity index (χ3n) is 4.49. The van der Waals surface area contributed by atoms with Gasteiger partial charge in [0.05, 0.1) is 0 Å². The quantitative estimate of drug-likeness (QED) is 0.467. The highest BCUT2D eigenvalue weighted by atomic mass is 14.3. The molecule has 0 heterocycles. The predicted molar refractivity (Wildman–Crippen MR) is 75.8 cm³/mol. The summed E-state index contributed by atoms with van der Waals surface area (Å²) in [4.78, 5) is 0. The van der Waals surface area contributed by atoms with Crippen molar-refractivity contribution in [2.24, 2.45) is 11.3 Å². The van der Waals surface area contributed by atoms with Crippen molar-refractivity contribution in [2.75, 3.05) is 0 Å². The zero-order valence-corrected chi connectivity index (χ0v) is 12.6. The fourth-order valence-electron chi connectivity index (χ4n) is 2.14. The van der Waals surface area contributed by atoms with Gasteiger partial charge in [0, 0.05) is 0 Å². The zero-order valence-electron chi connectivity index (χ0n) is 12.6. The summed E-state index contributed by atoms with van der Waals surface area (Å²) in [7, 11) is 0. The summed E-state index contributed by atoms with van der Waals surface area (Å²) in [5, 5.41) is 0. The summed E-state index contributed by atoms with van der Waals surface area (Å²) in [6.07, 6.45) is 6.56. The van der Waals surface area contributed by atoms with Crippen LogP contribution in [0.1, 0.15) is 80.6 Å². The van der Waals surface area contributed by atoms with Gasteiger partial charge in [0.15, 0.2) is 0 Å². The highest BCUT2D eigenvalue weighted by Crippen LogP contribution is 2.34. The van der Waals surface area contributed by atoms with E-state index in [0.29, 0.717) is 5.41 Å². The minimum atomic E-state index is 0.511. The second-order valence-corrected chi connectivity index (χ2v) is 6.09. The van der Waals surface area contributed by atoms with Gasteiger partial charge in [-0.1, -0.05) is 52.2 Å². The van der Waals surface area contributed by atoms with Crippen LogP contribution in [0.4, 0.5) is 0 Å². The standard InChI is InChI=1S/C16H32/c1-8-15(13(3)4)12-10-11-14(5)16(6,7)9-2/h14H,8-12H2,1-7H3. The predicted octanol–water partition coefficient (Wildman–Crippen LogP) is 5.98. The molecule has 0 saturated carbocycles. The van der Waals surface area contributed by atoms with Crippen LogP contribution in [0.2, 0.25) is 0 Å². The largest absolute Gasteiger partial charge is 0.0772 e. The maximum atomic E-state index is 2.41. The molecule has 0 aliphatic carbocycles. The lowest BCUT2D eigenvalue weighted by Gasteiger charge is -2.30. The molecule has 1 atom stereocenters. The molecule has 0 saturated heterocycles. The number of rotatable bonds is 7. The summed E-state index contributed by atoms with van der Waals surface area (Å²) in [5.41, 5.74) is 3.71. The average molecular weight is 224 g/mol. The summed E-state index contributed by atoms with van der Waals surface area (Å²) in [5.74, 6) is 0.841. The van der Waals surface area contributed by atoms with E-state index >= 15 is 0 Å². The molecule has 0 aliphatic rings. The molecule has 0 aromatic carbocycles. The van der Waals surface area contributed by atoms with Gasteiger partial charge in [0.2, 0.25) is 0 Å². The van der Waals surface area contributed by atoms with E-state index in [2.05, 4.69) is 48.5 Å². The molecule has 1 unspecified atom stereocenters. The molecule has 0 spiro atoms. The van der Waals surface area contributed by atoms with Crippen molar-refractivity contribution in [1.82, 2.24) is 0 Å². The van der Waals surface area contributed by atoms with Gasteiger partial charge in [0.1, 0.15) is 0 Å². The SMILES string of the molecule is CCC(CCCC(C)C(C)(C)CC)=C(C)C. The Morgan fingerprint density at radius 1 is 1.12 bits per heavy atom. The first kappa shape index (κ1) is 15.7. The first-order valence-corrected chi connectivity index (χ1v) is 7.00. The van der Waals surface area contributed by atoms with E-state index in [0.717, 1.165) is 5.92 Å². The lowest BCUT2D eigenvalue weighted by atomic mass is 9.75. The van der Waals surface area contributed by atoms with Crippen LogP contribution in [-0.4, -0.2) is 0 Å². The molecule has 0 rings (SSSR count). The zero-order chi connectivity index (χ0) is 12.8. The lowest BCUT2D eigenvalue weighted by molar-refractivity contribution is 0.206. The Kier molecular flexibility index (Phi) is 7.03. The fourth-order valence-corrected chi connectivity index (χ4v) is 2.14. The summed E-state index contributed by atoms with van der Waals surface area (Å²) >= 11 is 0. The maximum Gasteiger partial charge on any atom is -0.0318 e. The molecule has 96 valence electrons. The molecule has 0 radical (unpaired) electrons. The van der Waals surface area contributed by atoms with Crippen molar-refractivity contribution >= 4 is 0 Å². The number of hydrogen-bond donors (Lipinski definition) is 0. The third-order valence-corrected chi connectivity index (χ3v) is 4.49. The molecular formula is C16H32. The minimum Gasteiger partial charge on any atom is -0.0772 e. The van der Waals surface area contributed by atoms with E-state index in [-0.39, 0.29) is 0 Å². The Labute approximate surface area is 104 Å². The second kappa shape index (κ2) is 7.14. The highest BCUT2D eigenvalue weighted by molar-refractivity contribution is 5.08. The molecule has 0 aliphatic heterocycles.